The summed E-state index contributed by atoms with van der Waals surface area (Å²) in [7, 11) is 0. The molecule has 0 aliphatic heterocycles. The van der Waals surface area contributed by atoms with Crippen molar-refractivity contribution in [1.29, 1.82) is 0 Å². The molecule has 0 heteroatoms. The molecular weight excluding hydrogens is 264 g/mol. The minimum Gasteiger partial charge on any atom is -0.0625 e. The Balaban J connectivity index is 2.41. The first kappa shape index (κ1) is 17.6. The van der Waals surface area contributed by atoms with Crippen LogP contribution < -0.4 is 0 Å². The van der Waals surface area contributed by atoms with Crippen molar-refractivity contribution in [3.63, 3.8) is 0 Å². The lowest BCUT2D eigenvalue weighted by atomic mass is 9.77. The molecule has 0 saturated heterocycles. The molecule has 1 aliphatic carbocycles. The highest BCUT2D eigenvalue weighted by atomic mass is 14.3. The molecule has 2 rings (SSSR count). The molecule has 2 atom stereocenters. The summed E-state index contributed by atoms with van der Waals surface area (Å²) >= 11 is 0. The summed E-state index contributed by atoms with van der Waals surface area (Å²) in [5.41, 5.74) is 5.08. The Morgan fingerprint density at radius 3 is 1.77 bits per heavy atom. The molecule has 0 N–H and O–H groups in total. The van der Waals surface area contributed by atoms with Gasteiger partial charge in [0, 0.05) is 0 Å². The van der Waals surface area contributed by atoms with E-state index in [1.165, 1.54) is 43.2 Å². The first-order chi connectivity index (χ1) is 10.1. The van der Waals surface area contributed by atoms with Gasteiger partial charge in [-0.3, -0.25) is 0 Å². The Labute approximate surface area is 138 Å². The fraction of sp³-hybridized carbons (Fsp3) is 0.727. The van der Waals surface area contributed by atoms with Gasteiger partial charge in [-0.25, -0.2) is 0 Å². The quantitative estimate of drug-likeness (QED) is 0.491. The van der Waals surface area contributed by atoms with E-state index in [1.807, 2.05) is 0 Å². The highest BCUT2D eigenvalue weighted by Gasteiger charge is 2.24. The zero-order valence-electron chi connectivity index (χ0n) is 15.9. The molecule has 0 radical (unpaired) electrons. The van der Waals surface area contributed by atoms with Crippen LogP contribution >= 0.6 is 0 Å². The van der Waals surface area contributed by atoms with E-state index in [0.717, 1.165) is 11.8 Å². The zero-order chi connectivity index (χ0) is 16.5. The maximum absolute atomic E-state index is 2.51. The predicted octanol–water partition coefficient (Wildman–Crippen LogP) is 6.97. The van der Waals surface area contributed by atoms with E-state index in [2.05, 4.69) is 66.7 Å². The monoisotopic (exact) mass is 300 g/mol. The van der Waals surface area contributed by atoms with Crippen molar-refractivity contribution in [2.24, 2.45) is 5.92 Å². The summed E-state index contributed by atoms with van der Waals surface area (Å²) in [4.78, 5) is 0. The summed E-state index contributed by atoms with van der Waals surface area (Å²) in [5.74, 6) is 1.69. The third-order valence-corrected chi connectivity index (χ3v) is 5.42. The maximum atomic E-state index is 2.51. The lowest BCUT2D eigenvalue weighted by molar-refractivity contribution is 0.498. The van der Waals surface area contributed by atoms with Gasteiger partial charge in [-0.05, 0) is 52.2 Å². The molecule has 0 bridgehead atoms. The van der Waals surface area contributed by atoms with Crippen molar-refractivity contribution in [3.8, 4) is 0 Å². The van der Waals surface area contributed by atoms with Crippen molar-refractivity contribution in [1.82, 2.24) is 0 Å². The van der Waals surface area contributed by atoms with Gasteiger partial charge in [0.15, 0.2) is 0 Å². The lowest BCUT2D eigenvalue weighted by Crippen LogP contribution is -2.17. The van der Waals surface area contributed by atoms with Crippen molar-refractivity contribution < 1.29 is 0 Å². The average molecular weight is 301 g/mol. The Morgan fingerprint density at radius 1 is 0.727 bits per heavy atom. The molecule has 0 spiro atoms. The second kappa shape index (κ2) is 6.38. The van der Waals surface area contributed by atoms with Gasteiger partial charge < -0.3 is 0 Å². The van der Waals surface area contributed by atoms with Crippen LogP contribution in [0.25, 0.3) is 0 Å². The van der Waals surface area contributed by atoms with Crippen molar-refractivity contribution in [2.75, 3.05) is 0 Å². The van der Waals surface area contributed by atoms with Gasteiger partial charge in [0.1, 0.15) is 0 Å². The third kappa shape index (κ3) is 4.37. The predicted molar refractivity (Wildman–Crippen MR) is 98.8 cm³/mol. The van der Waals surface area contributed by atoms with Crippen LogP contribution in [0.1, 0.15) is 103 Å². The Bertz CT molecular complexity index is 464. The van der Waals surface area contributed by atoms with Crippen LogP contribution in [0.3, 0.4) is 0 Å². The summed E-state index contributed by atoms with van der Waals surface area (Å²) in [5, 5.41) is 0. The molecule has 1 aromatic rings. The third-order valence-electron chi connectivity index (χ3n) is 5.42. The highest BCUT2D eigenvalue weighted by Crippen LogP contribution is 2.38. The molecule has 0 heterocycles. The van der Waals surface area contributed by atoms with Crippen LogP contribution in [0.2, 0.25) is 0 Å². The first-order valence-corrected chi connectivity index (χ1v) is 9.23. The second-order valence-corrected chi connectivity index (χ2v) is 9.65. The molecular formula is C22H36. The summed E-state index contributed by atoms with van der Waals surface area (Å²) in [6.45, 7) is 16.5. The van der Waals surface area contributed by atoms with Crippen LogP contribution in [-0.2, 0) is 10.8 Å². The summed E-state index contributed by atoms with van der Waals surface area (Å²) in [6, 6.07) is 7.47. The van der Waals surface area contributed by atoms with Gasteiger partial charge in [0.05, 0.1) is 0 Å². The minimum atomic E-state index is 0.230. The molecule has 0 amide bonds. The van der Waals surface area contributed by atoms with Gasteiger partial charge in [-0.1, -0.05) is 85.9 Å². The molecule has 2 unspecified atom stereocenters. The van der Waals surface area contributed by atoms with Gasteiger partial charge >= 0.3 is 0 Å². The van der Waals surface area contributed by atoms with Crippen LogP contribution in [0.5, 0.6) is 0 Å². The maximum Gasteiger partial charge on any atom is -0.0132 e. The van der Waals surface area contributed by atoms with Gasteiger partial charge in [-0.15, -0.1) is 0 Å². The van der Waals surface area contributed by atoms with Crippen molar-refractivity contribution in [3.05, 3.63) is 34.9 Å². The normalized spacial score (nSPS) is 24.1. The highest BCUT2D eigenvalue weighted by molar-refractivity contribution is 5.39. The van der Waals surface area contributed by atoms with Gasteiger partial charge in [0.2, 0.25) is 0 Å². The van der Waals surface area contributed by atoms with Gasteiger partial charge in [-0.2, -0.15) is 0 Å². The van der Waals surface area contributed by atoms with E-state index in [9.17, 15) is 0 Å². The van der Waals surface area contributed by atoms with Crippen LogP contribution in [-0.4, -0.2) is 0 Å². The molecule has 1 saturated carbocycles. The molecule has 1 aromatic carbocycles. The number of benzene rings is 1. The minimum absolute atomic E-state index is 0.230. The van der Waals surface area contributed by atoms with E-state index >= 15 is 0 Å². The SMILES string of the molecule is CC1CCCC(c2cc(C(C)(C)C)cc(C(C)(C)C)c2)CC1. The van der Waals surface area contributed by atoms with E-state index in [0.29, 0.717) is 0 Å². The molecule has 1 aliphatic rings. The van der Waals surface area contributed by atoms with Crippen LogP contribution in [0, 0.1) is 5.92 Å². The Hall–Kier alpha value is -0.780. The zero-order valence-corrected chi connectivity index (χ0v) is 15.9. The van der Waals surface area contributed by atoms with Gasteiger partial charge in [0.25, 0.3) is 0 Å². The van der Waals surface area contributed by atoms with E-state index in [4.69, 9.17) is 0 Å². The number of hydrogen-bond acceptors (Lipinski definition) is 0. The number of rotatable bonds is 1. The smallest absolute Gasteiger partial charge is 0.0132 e. The fourth-order valence-electron chi connectivity index (χ4n) is 3.57. The largest absolute Gasteiger partial charge is 0.0625 e. The van der Waals surface area contributed by atoms with E-state index in [1.54, 1.807) is 5.56 Å². The fourth-order valence-corrected chi connectivity index (χ4v) is 3.57. The topological polar surface area (TPSA) is 0 Å². The Kier molecular flexibility index (Phi) is 5.09. The van der Waals surface area contributed by atoms with Crippen molar-refractivity contribution >= 4 is 0 Å². The Morgan fingerprint density at radius 2 is 1.27 bits per heavy atom. The lowest BCUT2D eigenvalue weighted by Gasteiger charge is -2.28. The average Bonchev–Trinajstić information content (AvgIpc) is 2.61. The molecule has 22 heavy (non-hydrogen) atoms. The second-order valence-electron chi connectivity index (χ2n) is 9.65. The number of hydrogen-bond donors (Lipinski definition) is 0. The van der Waals surface area contributed by atoms with E-state index < -0.39 is 0 Å². The van der Waals surface area contributed by atoms with E-state index in [-0.39, 0.29) is 10.8 Å². The molecule has 1 fully saturated rings. The van der Waals surface area contributed by atoms with Crippen molar-refractivity contribution in [2.45, 2.75) is 97.3 Å². The standard InChI is InChI=1S/C22H36/c1-16-9-8-10-17(12-11-16)18-13-19(21(2,3)4)15-20(14-18)22(5,6)7/h13-17H,8-12H2,1-7H3. The molecule has 124 valence electrons. The van der Waals surface area contributed by atoms with Crippen LogP contribution in [0.15, 0.2) is 18.2 Å². The first-order valence-electron chi connectivity index (χ1n) is 9.23. The summed E-state index contributed by atoms with van der Waals surface area (Å²) < 4.78 is 0. The molecule has 0 aromatic heterocycles. The summed E-state index contributed by atoms with van der Waals surface area (Å²) in [6.07, 6.45) is 6.97. The molecule has 0 nitrogen and oxygen atoms in total. The van der Waals surface area contributed by atoms with Crippen LogP contribution in [0.4, 0.5) is 0 Å².